The summed E-state index contributed by atoms with van der Waals surface area (Å²) in [6.45, 7) is 2.40. The second-order valence-electron chi connectivity index (χ2n) is 6.51. The van der Waals surface area contributed by atoms with Gasteiger partial charge in [-0.25, -0.2) is 0 Å². The number of rotatable bonds is 3. The molecule has 0 N–H and O–H groups in total. The Balaban J connectivity index is 1.36. The van der Waals surface area contributed by atoms with Gasteiger partial charge in [0.05, 0.1) is 11.3 Å². The van der Waals surface area contributed by atoms with Crippen molar-refractivity contribution in [1.29, 1.82) is 0 Å². The first-order chi connectivity index (χ1) is 12.7. The Morgan fingerprint density at radius 1 is 0.846 bits per heavy atom. The molecule has 0 atom stereocenters. The minimum atomic E-state index is 0.0710. The quantitative estimate of drug-likeness (QED) is 0.714. The average molecular weight is 364 g/mol. The Morgan fingerprint density at radius 3 is 2.31 bits per heavy atom. The smallest absolute Gasteiger partial charge is 0.264 e. The van der Waals surface area contributed by atoms with E-state index in [0.29, 0.717) is 32.6 Å². The van der Waals surface area contributed by atoms with Crippen LogP contribution >= 0.6 is 11.3 Å². The molecule has 0 unspecified atom stereocenters. The molecule has 5 heteroatoms. The number of thiophene rings is 1. The maximum absolute atomic E-state index is 12.6. The molecule has 1 fully saturated rings. The van der Waals surface area contributed by atoms with Crippen molar-refractivity contribution in [3.8, 4) is 0 Å². The van der Waals surface area contributed by atoms with E-state index in [9.17, 15) is 9.59 Å². The van der Waals surface area contributed by atoms with E-state index in [1.54, 1.807) is 0 Å². The summed E-state index contributed by atoms with van der Waals surface area (Å²) in [5.74, 6) is 0.199. The predicted molar refractivity (Wildman–Crippen MR) is 104 cm³/mol. The van der Waals surface area contributed by atoms with Crippen molar-refractivity contribution in [2.45, 2.75) is 6.42 Å². The Kier molecular flexibility index (Phi) is 4.71. The number of benzene rings is 2. The van der Waals surface area contributed by atoms with Crippen molar-refractivity contribution < 1.29 is 9.59 Å². The van der Waals surface area contributed by atoms with Crippen LogP contribution in [0.2, 0.25) is 0 Å². The fourth-order valence-electron chi connectivity index (χ4n) is 3.35. The molecule has 4 nitrogen and oxygen atoms in total. The molecule has 2 amide bonds. The van der Waals surface area contributed by atoms with E-state index in [1.165, 1.54) is 16.7 Å². The molecule has 4 rings (SSSR count). The lowest BCUT2D eigenvalue weighted by atomic mass is 10.0. The molecular weight excluding hydrogens is 344 g/mol. The van der Waals surface area contributed by atoms with Crippen molar-refractivity contribution in [3.05, 3.63) is 70.4 Å². The van der Waals surface area contributed by atoms with Crippen LogP contribution in [0.25, 0.3) is 10.8 Å². The van der Waals surface area contributed by atoms with Gasteiger partial charge in [-0.15, -0.1) is 11.3 Å². The van der Waals surface area contributed by atoms with E-state index in [1.807, 2.05) is 45.5 Å². The normalized spacial score (nSPS) is 14.6. The molecule has 0 saturated carbocycles. The largest absolute Gasteiger partial charge is 0.339 e. The van der Waals surface area contributed by atoms with Gasteiger partial charge >= 0.3 is 0 Å². The van der Waals surface area contributed by atoms with Crippen LogP contribution in [0.3, 0.4) is 0 Å². The van der Waals surface area contributed by atoms with Crippen molar-refractivity contribution in [2.75, 3.05) is 26.2 Å². The summed E-state index contributed by atoms with van der Waals surface area (Å²) in [6, 6.07) is 18.1. The lowest BCUT2D eigenvalue weighted by Crippen LogP contribution is -2.50. The average Bonchev–Trinajstić information content (AvgIpc) is 3.22. The number of carbonyl (C=O) groups is 2. The molecule has 3 aromatic rings. The predicted octanol–water partition coefficient (Wildman–Crippen LogP) is 3.43. The summed E-state index contributed by atoms with van der Waals surface area (Å²) >= 11 is 1.46. The Morgan fingerprint density at radius 2 is 1.58 bits per heavy atom. The van der Waals surface area contributed by atoms with Crippen LogP contribution < -0.4 is 0 Å². The Labute approximate surface area is 156 Å². The highest BCUT2D eigenvalue weighted by atomic mass is 32.1. The van der Waals surface area contributed by atoms with Crippen molar-refractivity contribution in [3.63, 3.8) is 0 Å². The van der Waals surface area contributed by atoms with Gasteiger partial charge in [0.15, 0.2) is 0 Å². The fraction of sp³-hybridized carbons (Fsp3) is 0.238. The van der Waals surface area contributed by atoms with Crippen LogP contribution in [-0.2, 0) is 11.2 Å². The van der Waals surface area contributed by atoms with E-state index >= 15 is 0 Å². The molecule has 1 aliphatic rings. The van der Waals surface area contributed by atoms with Gasteiger partial charge in [0.1, 0.15) is 0 Å². The van der Waals surface area contributed by atoms with E-state index in [2.05, 4.69) is 24.3 Å². The number of hydrogen-bond acceptors (Lipinski definition) is 3. The maximum atomic E-state index is 12.6. The van der Waals surface area contributed by atoms with E-state index in [4.69, 9.17) is 0 Å². The van der Waals surface area contributed by atoms with E-state index in [0.717, 1.165) is 15.8 Å². The molecule has 1 aliphatic heterocycles. The second kappa shape index (κ2) is 7.30. The molecule has 2 heterocycles. The monoisotopic (exact) mass is 364 g/mol. The van der Waals surface area contributed by atoms with E-state index < -0.39 is 0 Å². The van der Waals surface area contributed by atoms with Crippen LogP contribution in [0.15, 0.2) is 60.0 Å². The van der Waals surface area contributed by atoms with E-state index in [-0.39, 0.29) is 11.8 Å². The fourth-order valence-corrected chi connectivity index (χ4v) is 4.04. The van der Waals surface area contributed by atoms with Gasteiger partial charge in [0, 0.05) is 26.2 Å². The lowest BCUT2D eigenvalue weighted by Gasteiger charge is -2.34. The number of fused-ring (bicyclic) bond motifs is 1. The molecule has 1 saturated heterocycles. The first-order valence-electron chi connectivity index (χ1n) is 8.79. The molecule has 132 valence electrons. The van der Waals surface area contributed by atoms with Gasteiger partial charge in [0.2, 0.25) is 5.91 Å². The van der Waals surface area contributed by atoms with Gasteiger partial charge in [-0.3, -0.25) is 9.59 Å². The molecule has 0 radical (unpaired) electrons. The molecule has 0 spiro atoms. The maximum Gasteiger partial charge on any atom is 0.264 e. The second-order valence-corrected chi connectivity index (χ2v) is 7.46. The molecule has 26 heavy (non-hydrogen) atoms. The zero-order chi connectivity index (χ0) is 17.9. The Hall–Kier alpha value is -2.66. The minimum absolute atomic E-state index is 0.0710. The third-order valence-electron chi connectivity index (χ3n) is 4.82. The van der Waals surface area contributed by atoms with Crippen LogP contribution in [-0.4, -0.2) is 47.8 Å². The standard InChI is InChI=1S/C21H20N2O2S/c24-20(15-16-7-8-17-4-1-2-5-18(17)14-16)22-9-11-23(12-10-22)21(25)19-6-3-13-26-19/h1-8,13-14H,9-12,15H2. The number of amides is 2. The van der Waals surface area contributed by atoms with Crippen molar-refractivity contribution >= 4 is 33.9 Å². The number of nitrogens with zero attached hydrogens (tertiary/aromatic N) is 2. The van der Waals surface area contributed by atoms with Gasteiger partial charge in [-0.1, -0.05) is 48.5 Å². The first-order valence-corrected chi connectivity index (χ1v) is 9.67. The van der Waals surface area contributed by atoms with Crippen molar-refractivity contribution in [2.24, 2.45) is 0 Å². The summed E-state index contributed by atoms with van der Waals surface area (Å²) in [5.41, 5.74) is 1.03. The van der Waals surface area contributed by atoms with Crippen molar-refractivity contribution in [1.82, 2.24) is 9.80 Å². The summed E-state index contributed by atoms with van der Waals surface area (Å²) in [5, 5.41) is 4.25. The Bertz CT molecular complexity index is 928. The molecule has 0 aliphatic carbocycles. The highest BCUT2D eigenvalue weighted by Gasteiger charge is 2.25. The van der Waals surface area contributed by atoms with Crippen LogP contribution in [0.5, 0.6) is 0 Å². The van der Waals surface area contributed by atoms with Gasteiger partial charge in [0.25, 0.3) is 5.91 Å². The molecule has 2 aromatic carbocycles. The number of piperazine rings is 1. The molecular formula is C21H20N2O2S. The number of hydrogen-bond donors (Lipinski definition) is 0. The molecule has 1 aromatic heterocycles. The SMILES string of the molecule is O=C(Cc1ccc2ccccc2c1)N1CCN(C(=O)c2cccs2)CC1. The summed E-state index contributed by atoms with van der Waals surface area (Å²) < 4.78 is 0. The highest BCUT2D eigenvalue weighted by Crippen LogP contribution is 2.18. The first kappa shape index (κ1) is 16.8. The summed E-state index contributed by atoms with van der Waals surface area (Å²) in [7, 11) is 0. The summed E-state index contributed by atoms with van der Waals surface area (Å²) in [4.78, 5) is 29.5. The highest BCUT2D eigenvalue weighted by molar-refractivity contribution is 7.12. The lowest BCUT2D eigenvalue weighted by molar-refractivity contribution is -0.131. The zero-order valence-corrected chi connectivity index (χ0v) is 15.2. The van der Waals surface area contributed by atoms with Crippen LogP contribution in [0.1, 0.15) is 15.2 Å². The van der Waals surface area contributed by atoms with Gasteiger partial charge in [-0.2, -0.15) is 0 Å². The third-order valence-corrected chi connectivity index (χ3v) is 5.68. The van der Waals surface area contributed by atoms with Gasteiger partial charge < -0.3 is 9.80 Å². The third kappa shape index (κ3) is 3.48. The topological polar surface area (TPSA) is 40.6 Å². The molecule has 0 bridgehead atoms. The zero-order valence-electron chi connectivity index (χ0n) is 14.4. The summed E-state index contributed by atoms with van der Waals surface area (Å²) in [6.07, 6.45) is 0.406. The minimum Gasteiger partial charge on any atom is -0.339 e. The number of carbonyl (C=O) groups excluding carboxylic acids is 2. The van der Waals surface area contributed by atoms with Crippen LogP contribution in [0.4, 0.5) is 0 Å². The van der Waals surface area contributed by atoms with Crippen LogP contribution in [0, 0.1) is 0 Å². The van der Waals surface area contributed by atoms with Gasteiger partial charge in [-0.05, 0) is 27.8 Å².